The van der Waals surface area contributed by atoms with Gasteiger partial charge in [-0.1, -0.05) is 27.2 Å². The van der Waals surface area contributed by atoms with E-state index >= 15 is 0 Å². The van der Waals surface area contributed by atoms with Crippen LogP contribution in [0.3, 0.4) is 0 Å². The summed E-state index contributed by atoms with van der Waals surface area (Å²) in [7, 11) is 0. The number of nitrogens with zero attached hydrogens (tertiary/aromatic N) is 1. The molecule has 2 unspecified atom stereocenters. The molecule has 0 radical (unpaired) electrons. The zero-order chi connectivity index (χ0) is 11.3. The summed E-state index contributed by atoms with van der Waals surface area (Å²) in [6.07, 6.45) is 6.60. The maximum Gasteiger partial charge on any atom is 0.0119 e. The molecule has 1 aliphatic heterocycles. The Hall–Kier alpha value is -0.0800. The number of hydrogen-bond acceptors (Lipinski definition) is 2. The second-order valence-electron chi connectivity index (χ2n) is 5.18. The molecule has 0 spiro atoms. The van der Waals surface area contributed by atoms with Crippen LogP contribution in [0, 0.1) is 5.92 Å². The van der Waals surface area contributed by atoms with Crippen molar-refractivity contribution in [1.29, 1.82) is 0 Å². The van der Waals surface area contributed by atoms with Crippen LogP contribution in [0.2, 0.25) is 0 Å². The van der Waals surface area contributed by atoms with Gasteiger partial charge in [-0.15, -0.1) is 0 Å². The van der Waals surface area contributed by atoms with Crippen molar-refractivity contribution in [3.05, 3.63) is 0 Å². The summed E-state index contributed by atoms with van der Waals surface area (Å²) in [6.45, 7) is 9.15. The van der Waals surface area contributed by atoms with Crippen LogP contribution in [-0.2, 0) is 0 Å². The van der Waals surface area contributed by atoms with E-state index in [2.05, 4.69) is 25.7 Å². The van der Waals surface area contributed by atoms with Gasteiger partial charge in [0.2, 0.25) is 0 Å². The van der Waals surface area contributed by atoms with Gasteiger partial charge in [0, 0.05) is 12.1 Å². The van der Waals surface area contributed by atoms with Crippen molar-refractivity contribution >= 4 is 0 Å². The lowest BCUT2D eigenvalue weighted by molar-refractivity contribution is 0.0633. The van der Waals surface area contributed by atoms with Gasteiger partial charge in [0.1, 0.15) is 0 Å². The highest BCUT2D eigenvalue weighted by Gasteiger charge is 2.28. The first-order valence-electron chi connectivity index (χ1n) is 6.66. The molecular formula is C13H28N2. The highest BCUT2D eigenvalue weighted by molar-refractivity contribution is 4.84. The summed E-state index contributed by atoms with van der Waals surface area (Å²) >= 11 is 0. The predicted octanol–water partition coefficient (Wildman–Crippen LogP) is 2.62. The fourth-order valence-corrected chi connectivity index (χ4v) is 3.05. The SMILES string of the molecule is CCC(C(C)C)N1CCCCC1CCN. The third-order valence-corrected chi connectivity index (χ3v) is 3.79. The van der Waals surface area contributed by atoms with Gasteiger partial charge < -0.3 is 5.73 Å². The third-order valence-electron chi connectivity index (χ3n) is 3.79. The number of piperidine rings is 1. The fraction of sp³-hybridized carbons (Fsp3) is 1.00. The van der Waals surface area contributed by atoms with E-state index in [1.807, 2.05) is 0 Å². The Labute approximate surface area is 95.2 Å². The van der Waals surface area contributed by atoms with Gasteiger partial charge >= 0.3 is 0 Å². The van der Waals surface area contributed by atoms with Crippen molar-refractivity contribution in [2.24, 2.45) is 11.7 Å². The molecule has 0 saturated carbocycles. The second-order valence-corrected chi connectivity index (χ2v) is 5.18. The van der Waals surface area contributed by atoms with Crippen molar-refractivity contribution in [2.75, 3.05) is 13.1 Å². The van der Waals surface area contributed by atoms with E-state index in [4.69, 9.17) is 5.73 Å². The third kappa shape index (κ3) is 3.46. The molecule has 1 heterocycles. The summed E-state index contributed by atoms with van der Waals surface area (Å²) in [5.74, 6) is 0.772. The summed E-state index contributed by atoms with van der Waals surface area (Å²) in [5.41, 5.74) is 5.71. The summed E-state index contributed by atoms with van der Waals surface area (Å²) in [6, 6.07) is 1.53. The zero-order valence-electron chi connectivity index (χ0n) is 10.7. The van der Waals surface area contributed by atoms with Gasteiger partial charge in [0.25, 0.3) is 0 Å². The molecule has 2 N–H and O–H groups in total. The monoisotopic (exact) mass is 212 g/mol. The molecule has 1 fully saturated rings. The molecule has 0 bridgehead atoms. The van der Waals surface area contributed by atoms with Crippen LogP contribution in [-0.4, -0.2) is 30.1 Å². The Bertz CT molecular complexity index is 166. The molecule has 0 aromatic rings. The molecule has 1 aliphatic rings. The molecule has 0 aromatic carbocycles. The molecule has 0 amide bonds. The molecule has 2 atom stereocenters. The van der Waals surface area contributed by atoms with E-state index < -0.39 is 0 Å². The van der Waals surface area contributed by atoms with Gasteiger partial charge in [-0.25, -0.2) is 0 Å². The van der Waals surface area contributed by atoms with Crippen molar-refractivity contribution in [2.45, 2.75) is 65.0 Å². The lowest BCUT2D eigenvalue weighted by Crippen LogP contribution is -2.48. The van der Waals surface area contributed by atoms with Gasteiger partial charge in [0.05, 0.1) is 0 Å². The first-order chi connectivity index (χ1) is 7.20. The van der Waals surface area contributed by atoms with Crippen LogP contribution in [0.25, 0.3) is 0 Å². The number of nitrogens with two attached hydrogens (primary N) is 1. The minimum absolute atomic E-state index is 0.760. The van der Waals surface area contributed by atoms with E-state index in [0.717, 1.165) is 24.5 Å². The van der Waals surface area contributed by atoms with Gasteiger partial charge in [-0.2, -0.15) is 0 Å². The number of rotatable bonds is 5. The van der Waals surface area contributed by atoms with E-state index in [-0.39, 0.29) is 0 Å². The Kier molecular flexibility index (Phi) is 5.62. The largest absolute Gasteiger partial charge is 0.330 e. The van der Waals surface area contributed by atoms with Crippen LogP contribution in [0.15, 0.2) is 0 Å². The maximum atomic E-state index is 5.71. The first kappa shape index (κ1) is 13.0. The van der Waals surface area contributed by atoms with Crippen LogP contribution in [0.5, 0.6) is 0 Å². The Morgan fingerprint density at radius 1 is 1.33 bits per heavy atom. The molecule has 0 aliphatic carbocycles. The second kappa shape index (κ2) is 6.49. The Morgan fingerprint density at radius 2 is 2.07 bits per heavy atom. The average Bonchev–Trinajstić information content (AvgIpc) is 2.21. The van der Waals surface area contributed by atoms with Crippen LogP contribution < -0.4 is 5.73 Å². The topological polar surface area (TPSA) is 29.3 Å². The lowest BCUT2D eigenvalue weighted by atomic mass is 9.92. The Balaban J connectivity index is 2.60. The molecule has 1 saturated heterocycles. The quantitative estimate of drug-likeness (QED) is 0.759. The normalized spacial score (nSPS) is 25.8. The highest BCUT2D eigenvalue weighted by atomic mass is 15.2. The van der Waals surface area contributed by atoms with Crippen molar-refractivity contribution in [1.82, 2.24) is 4.90 Å². The summed E-state index contributed by atoms with van der Waals surface area (Å²) < 4.78 is 0. The van der Waals surface area contributed by atoms with Crippen LogP contribution >= 0.6 is 0 Å². The molecule has 90 valence electrons. The molecule has 2 nitrogen and oxygen atoms in total. The van der Waals surface area contributed by atoms with Crippen molar-refractivity contribution in [3.63, 3.8) is 0 Å². The maximum absolute atomic E-state index is 5.71. The fourth-order valence-electron chi connectivity index (χ4n) is 3.05. The molecule has 2 heteroatoms. The molecule has 0 aromatic heterocycles. The summed E-state index contributed by atoms with van der Waals surface area (Å²) in [5, 5.41) is 0. The Morgan fingerprint density at radius 3 is 2.60 bits per heavy atom. The van der Waals surface area contributed by atoms with Gasteiger partial charge in [-0.3, -0.25) is 4.90 Å². The summed E-state index contributed by atoms with van der Waals surface area (Å²) in [4.78, 5) is 2.74. The smallest absolute Gasteiger partial charge is 0.0119 e. The molecule has 15 heavy (non-hydrogen) atoms. The van der Waals surface area contributed by atoms with E-state index in [1.54, 1.807) is 0 Å². The predicted molar refractivity (Wildman–Crippen MR) is 66.9 cm³/mol. The standard InChI is InChI=1S/C13H28N2/c1-4-13(11(2)3)15-10-6-5-7-12(15)8-9-14/h11-13H,4-10,14H2,1-3H3. The lowest BCUT2D eigenvalue weighted by Gasteiger charge is -2.43. The van der Waals surface area contributed by atoms with E-state index in [9.17, 15) is 0 Å². The van der Waals surface area contributed by atoms with Crippen LogP contribution in [0.1, 0.15) is 52.9 Å². The van der Waals surface area contributed by atoms with Gasteiger partial charge in [0.15, 0.2) is 0 Å². The number of likely N-dealkylation sites (tertiary alicyclic amines) is 1. The minimum atomic E-state index is 0.760. The minimum Gasteiger partial charge on any atom is -0.330 e. The number of hydrogen-bond donors (Lipinski definition) is 1. The van der Waals surface area contributed by atoms with Crippen molar-refractivity contribution < 1.29 is 0 Å². The van der Waals surface area contributed by atoms with Crippen molar-refractivity contribution in [3.8, 4) is 0 Å². The van der Waals surface area contributed by atoms with E-state index in [0.29, 0.717) is 0 Å². The van der Waals surface area contributed by atoms with Crippen LogP contribution in [0.4, 0.5) is 0 Å². The molecule has 1 rings (SSSR count). The molecular weight excluding hydrogens is 184 g/mol. The highest BCUT2D eigenvalue weighted by Crippen LogP contribution is 2.26. The first-order valence-corrected chi connectivity index (χ1v) is 6.66. The average molecular weight is 212 g/mol. The van der Waals surface area contributed by atoms with Gasteiger partial charge in [-0.05, 0) is 44.7 Å². The van der Waals surface area contributed by atoms with E-state index in [1.165, 1.54) is 38.6 Å². The zero-order valence-corrected chi connectivity index (χ0v) is 10.7.